The number of benzene rings is 1. The van der Waals surface area contributed by atoms with Crippen LogP contribution in [-0.2, 0) is 16.0 Å². The first-order chi connectivity index (χ1) is 14.0. The molecule has 1 aromatic rings. The molecule has 1 saturated heterocycles. The number of hydrogen-bond acceptors (Lipinski definition) is 6. The highest BCUT2D eigenvalue weighted by Crippen LogP contribution is 2.27. The van der Waals surface area contributed by atoms with E-state index in [1.807, 2.05) is 30.1 Å². The van der Waals surface area contributed by atoms with Crippen molar-refractivity contribution in [3.05, 3.63) is 23.8 Å². The summed E-state index contributed by atoms with van der Waals surface area (Å²) in [6, 6.07) is 5.97. The SMILES string of the molecule is CCOC(=O)N1CCC(NC(=O)CN(C)CCc2ccc(OC)c(OC)c2)CC1. The first-order valence-corrected chi connectivity index (χ1v) is 10.1. The normalized spacial score (nSPS) is 14.6. The number of ether oxygens (including phenoxy) is 3. The zero-order valence-electron chi connectivity index (χ0n) is 17.9. The Morgan fingerprint density at radius 1 is 1.17 bits per heavy atom. The van der Waals surface area contributed by atoms with Gasteiger partial charge in [0.15, 0.2) is 11.5 Å². The molecule has 0 unspecified atom stereocenters. The number of nitrogens with one attached hydrogen (secondary N) is 1. The number of likely N-dealkylation sites (N-methyl/N-ethyl adjacent to an activating group) is 1. The summed E-state index contributed by atoms with van der Waals surface area (Å²) < 4.78 is 15.6. The molecular weight excluding hydrogens is 374 g/mol. The molecule has 0 atom stereocenters. The van der Waals surface area contributed by atoms with Crippen LogP contribution < -0.4 is 14.8 Å². The number of hydrogen-bond donors (Lipinski definition) is 1. The van der Waals surface area contributed by atoms with E-state index in [-0.39, 0.29) is 18.0 Å². The second-order valence-corrected chi connectivity index (χ2v) is 7.20. The van der Waals surface area contributed by atoms with Crippen LogP contribution in [0.3, 0.4) is 0 Å². The highest BCUT2D eigenvalue weighted by atomic mass is 16.6. The van der Waals surface area contributed by atoms with Crippen LogP contribution in [0.1, 0.15) is 25.3 Å². The number of methoxy groups -OCH3 is 2. The molecule has 1 aromatic carbocycles. The van der Waals surface area contributed by atoms with Crippen molar-refractivity contribution >= 4 is 12.0 Å². The Hall–Kier alpha value is -2.48. The van der Waals surface area contributed by atoms with Crippen LogP contribution in [-0.4, -0.2) is 81.9 Å². The lowest BCUT2D eigenvalue weighted by molar-refractivity contribution is -0.122. The molecule has 2 rings (SSSR count). The second kappa shape index (κ2) is 11.5. The molecule has 0 spiro atoms. The maximum atomic E-state index is 12.3. The molecule has 2 amide bonds. The zero-order valence-corrected chi connectivity index (χ0v) is 17.9. The Morgan fingerprint density at radius 2 is 1.86 bits per heavy atom. The molecule has 8 nitrogen and oxygen atoms in total. The van der Waals surface area contributed by atoms with Gasteiger partial charge in [-0.25, -0.2) is 4.79 Å². The Morgan fingerprint density at radius 3 is 2.48 bits per heavy atom. The predicted octanol–water partition coefficient (Wildman–Crippen LogP) is 1.92. The summed E-state index contributed by atoms with van der Waals surface area (Å²) >= 11 is 0. The van der Waals surface area contributed by atoms with Crippen molar-refractivity contribution in [3.63, 3.8) is 0 Å². The lowest BCUT2D eigenvalue weighted by atomic mass is 10.1. The van der Waals surface area contributed by atoms with Gasteiger partial charge in [-0.3, -0.25) is 9.69 Å². The fourth-order valence-corrected chi connectivity index (χ4v) is 3.37. The molecule has 0 saturated carbocycles. The van der Waals surface area contributed by atoms with Crippen molar-refractivity contribution in [2.75, 3.05) is 54.1 Å². The largest absolute Gasteiger partial charge is 0.493 e. The summed E-state index contributed by atoms with van der Waals surface area (Å²) in [5.74, 6) is 1.42. The topological polar surface area (TPSA) is 80.3 Å². The zero-order chi connectivity index (χ0) is 21.2. The molecule has 1 fully saturated rings. The molecule has 0 radical (unpaired) electrons. The highest BCUT2D eigenvalue weighted by molar-refractivity contribution is 5.78. The third kappa shape index (κ3) is 7.12. The third-order valence-corrected chi connectivity index (χ3v) is 5.03. The van der Waals surface area contributed by atoms with Crippen molar-refractivity contribution in [3.8, 4) is 11.5 Å². The van der Waals surface area contributed by atoms with E-state index in [1.165, 1.54) is 0 Å². The minimum absolute atomic E-state index is 0.00870. The summed E-state index contributed by atoms with van der Waals surface area (Å²) in [5, 5.41) is 3.08. The van der Waals surface area contributed by atoms with Crippen molar-refractivity contribution in [2.45, 2.75) is 32.2 Å². The van der Waals surface area contributed by atoms with E-state index < -0.39 is 0 Å². The monoisotopic (exact) mass is 407 g/mol. The lowest BCUT2D eigenvalue weighted by Crippen LogP contribution is -2.48. The number of carbonyl (C=O) groups is 2. The molecule has 0 aliphatic carbocycles. The molecule has 0 bridgehead atoms. The average Bonchev–Trinajstić information content (AvgIpc) is 2.72. The lowest BCUT2D eigenvalue weighted by Gasteiger charge is -2.32. The molecule has 0 aromatic heterocycles. The molecule has 29 heavy (non-hydrogen) atoms. The van der Waals surface area contributed by atoms with Gasteiger partial charge in [0.2, 0.25) is 5.91 Å². The van der Waals surface area contributed by atoms with Crippen LogP contribution in [0.15, 0.2) is 18.2 Å². The van der Waals surface area contributed by atoms with E-state index in [4.69, 9.17) is 14.2 Å². The number of nitrogens with zero attached hydrogens (tertiary/aromatic N) is 2. The summed E-state index contributed by atoms with van der Waals surface area (Å²) in [5.41, 5.74) is 1.13. The first-order valence-electron chi connectivity index (χ1n) is 10.1. The number of likely N-dealkylation sites (tertiary alicyclic amines) is 1. The van der Waals surface area contributed by atoms with Crippen LogP contribution in [0, 0.1) is 0 Å². The van der Waals surface area contributed by atoms with Gasteiger partial charge in [-0.2, -0.15) is 0 Å². The second-order valence-electron chi connectivity index (χ2n) is 7.20. The number of piperidine rings is 1. The van der Waals surface area contributed by atoms with Gasteiger partial charge in [0, 0.05) is 25.7 Å². The maximum absolute atomic E-state index is 12.3. The van der Waals surface area contributed by atoms with Crippen molar-refractivity contribution < 1.29 is 23.8 Å². The standard InChI is InChI=1S/C21H33N3O5/c1-5-29-21(26)24-12-9-17(10-13-24)22-20(25)15-23(2)11-8-16-6-7-18(27-3)19(14-16)28-4/h6-7,14,17H,5,8-13,15H2,1-4H3,(H,22,25). The van der Waals surface area contributed by atoms with Crippen LogP contribution >= 0.6 is 0 Å². The quantitative estimate of drug-likeness (QED) is 0.674. The van der Waals surface area contributed by atoms with Crippen molar-refractivity contribution in [2.24, 2.45) is 0 Å². The molecule has 1 aliphatic heterocycles. The minimum Gasteiger partial charge on any atom is -0.493 e. The van der Waals surface area contributed by atoms with E-state index in [0.717, 1.165) is 31.4 Å². The highest BCUT2D eigenvalue weighted by Gasteiger charge is 2.24. The summed E-state index contributed by atoms with van der Waals surface area (Å²) in [6.07, 6.45) is 2.04. The van der Waals surface area contributed by atoms with Gasteiger partial charge in [-0.1, -0.05) is 6.07 Å². The first kappa shape index (κ1) is 22.8. The molecule has 1 aliphatic rings. The van der Waals surface area contributed by atoms with Gasteiger partial charge >= 0.3 is 6.09 Å². The average molecular weight is 408 g/mol. The smallest absolute Gasteiger partial charge is 0.409 e. The van der Waals surface area contributed by atoms with Gasteiger partial charge in [0.1, 0.15) is 0 Å². The molecular formula is C21H33N3O5. The molecule has 1 heterocycles. The van der Waals surface area contributed by atoms with Crippen molar-refractivity contribution in [1.29, 1.82) is 0 Å². The Kier molecular flexibility index (Phi) is 9.05. The Bertz CT molecular complexity index is 674. The van der Waals surface area contributed by atoms with Gasteiger partial charge in [0.05, 0.1) is 27.4 Å². The van der Waals surface area contributed by atoms with Crippen molar-refractivity contribution in [1.82, 2.24) is 15.1 Å². The van der Waals surface area contributed by atoms with E-state index in [0.29, 0.717) is 37.7 Å². The minimum atomic E-state index is -0.271. The summed E-state index contributed by atoms with van der Waals surface area (Å²) in [6.45, 7) is 4.49. The Labute approximate surface area is 173 Å². The van der Waals surface area contributed by atoms with Gasteiger partial charge in [0.25, 0.3) is 0 Å². The molecule has 8 heteroatoms. The fourth-order valence-electron chi connectivity index (χ4n) is 3.37. The van der Waals surface area contributed by atoms with E-state index in [9.17, 15) is 9.59 Å². The fraction of sp³-hybridized carbons (Fsp3) is 0.619. The molecule has 1 N–H and O–H groups in total. The number of rotatable bonds is 9. The van der Waals surface area contributed by atoms with Gasteiger partial charge < -0.3 is 24.4 Å². The van der Waals surface area contributed by atoms with Crippen LogP contribution in [0.2, 0.25) is 0 Å². The molecule has 162 valence electrons. The van der Waals surface area contributed by atoms with Gasteiger partial charge in [-0.05, 0) is 50.9 Å². The maximum Gasteiger partial charge on any atom is 0.409 e. The van der Waals surface area contributed by atoms with Crippen LogP contribution in [0.5, 0.6) is 11.5 Å². The van der Waals surface area contributed by atoms with Crippen LogP contribution in [0.25, 0.3) is 0 Å². The van der Waals surface area contributed by atoms with Crippen LogP contribution in [0.4, 0.5) is 4.79 Å². The van der Waals surface area contributed by atoms with E-state index >= 15 is 0 Å². The number of carbonyl (C=O) groups excluding carboxylic acids is 2. The van der Waals surface area contributed by atoms with E-state index in [2.05, 4.69) is 5.32 Å². The number of amides is 2. The van der Waals surface area contributed by atoms with Gasteiger partial charge in [-0.15, -0.1) is 0 Å². The third-order valence-electron chi connectivity index (χ3n) is 5.03. The Balaban J connectivity index is 1.71. The predicted molar refractivity (Wildman–Crippen MR) is 111 cm³/mol. The summed E-state index contributed by atoms with van der Waals surface area (Å²) in [7, 11) is 5.17. The van der Waals surface area contributed by atoms with E-state index in [1.54, 1.807) is 26.0 Å². The summed E-state index contributed by atoms with van der Waals surface area (Å²) in [4.78, 5) is 27.8.